The summed E-state index contributed by atoms with van der Waals surface area (Å²) in [5.41, 5.74) is 5.66. The van der Waals surface area contributed by atoms with E-state index in [1.54, 1.807) is 0 Å². The molecule has 1 heterocycles. The van der Waals surface area contributed by atoms with Crippen LogP contribution in [0.5, 0.6) is 0 Å². The third-order valence-electron chi connectivity index (χ3n) is 3.59. The van der Waals surface area contributed by atoms with Crippen molar-refractivity contribution in [2.24, 2.45) is 5.73 Å². The van der Waals surface area contributed by atoms with E-state index < -0.39 is 0 Å². The van der Waals surface area contributed by atoms with Crippen molar-refractivity contribution in [1.82, 2.24) is 9.80 Å². The van der Waals surface area contributed by atoms with Gasteiger partial charge in [0.15, 0.2) is 0 Å². The van der Waals surface area contributed by atoms with Gasteiger partial charge in [-0.25, -0.2) is 0 Å². The highest BCUT2D eigenvalue weighted by Crippen LogP contribution is 2.17. The lowest BCUT2D eigenvalue weighted by Gasteiger charge is -2.43. The number of rotatable bonds is 5. The minimum absolute atomic E-state index is 0.133. The number of nitrogens with two attached hydrogens (primary N) is 1. The molecule has 1 aliphatic heterocycles. The Bertz CT molecular complexity index is 232. The summed E-state index contributed by atoms with van der Waals surface area (Å²) in [6, 6.07) is 0. The minimum Gasteiger partial charge on any atom is -0.392 e. The van der Waals surface area contributed by atoms with E-state index in [-0.39, 0.29) is 5.54 Å². The van der Waals surface area contributed by atoms with Crippen LogP contribution in [0.1, 0.15) is 33.6 Å². The molecule has 0 spiro atoms. The first-order valence-corrected chi connectivity index (χ1v) is 6.66. The van der Waals surface area contributed by atoms with Crippen molar-refractivity contribution in [3.63, 3.8) is 0 Å². The fraction of sp³-hybridized carbons (Fsp3) is 0.917. The van der Waals surface area contributed by atoms with Gasteiger partial charge in [-0.15, -0.1) is 0 Å². The average Bonchev–Trinajstić information content (AvgIpc) is 2.26. The Labute approximate surface area is 105 Å². The standard InChI is InChI=1S/C12H25N3S/c1-4-5-6-14-7-9-15(10-8-14)12(2,3)11(13)16/h4-10H2,1-3H3,(H2,13,16). The van der Waals surface area contributed by atoms with E-state index in [0.29, 0.717) is 4.99 Å². The van der Waals surface area contributed by atoms with E-state index >= 15 is 0 Å². The second-order valence-electron chi connectivity index (χ2n) is 5.11. The predicted octanol–water partition coefficient (Wildman–Crippen LogP) is 1.47. The van der Waals surface area contributed by atoms with E-state index in [4.69, 9.17) is 18.0 Å². The summed E-state index contributed by atoms with van der Waals surface area (Å²) in [4.78, 5) is 5.54. The van der Waals surface area contributed by atoms with E-state index in [2.05, 4.69) is 30.6 Å². The lowest BCUT2D eigenvalue weighted by molar-refractivity contribution is 0.0853. The largest absolute Gasteiger partial charge is 0.392 e. The molecule has 0 aliphatic carbocycles. The van der Waals surface area contributed by atoms with Crippen LogP contribution < -0.4 is 5.73 Å². The van der Waals surface area contributed by atoms with Crippen LogP contribution in [0.2, 0.25) is 0 Å². The molecule has 0 unspecified atom stereocenters. The molecule has 1 aliphatic rings. The summed E-state index contributed by atoms with van der Waals surface area (Å²) >= 11 is 5.13. The summed E-state index contributed by atoms with van der Waals surface area (Å²) < 4.78 is 0. The van der Waals surface area contributed by atoms with Gasteiger partial charge in [0.2, 0.25) is 0 Å². The summed E-state index contributed by atoms with van der Waals surface area (Å²) in [6.07, 6.45) is 2.58. The van der Waals surface area contributed by atoms with Crippen LogP contribution >= 0.6 is 12.2 Å². The summed E-state index contributed by atoms with van der Waals surface area (Å²) in [7, 11) is 0. The van der Waals surface area contributed by atoms with Crippen molar-refractivity contribution < 1.29 is 0 Å². The van der Waals surface area contributed by atoms with Crippen LogP contribution in [0.25, 0.3) is 0 Å². The fourth-order valence-corrected chi connectivity index (χ4v) is 2.20. The zero-order chi connectivity index (χ0) is 12.2. The summed E-state index contributed by atoms with van der Waals surface area (Å²) in [6.45, 7) is 12.2. The maximum Gasteiger partial charge on any atom is 0.0928 e. The predicted molar refractivity (Wildman–Crippen MR) is 73.8 cm³/mol. The molecule has 0 amide bonds. The van der Waals surface area contributed by atoms with Crippen molar-refractivity contribution in [2.45, 2.75) is 39.2 Å². The molecule has 94 valence electrons. The molecule has 0 atom stereocenters. The number of hydrogen-bond acceptors (Lipinski definition) is 3. The molecule has 1 fully saturated rings. The molecule has 0 saturated carbocycles. The minimum atomic E-state index is -0.133. The molecule has 4 heteroatoms. The van der Waals surface area contributed by atoms with Crippen molar-refractivity contribution in [3.05, 3.63) is 0 Å². The fourth-order valence-electron chi connectivity index (χ4n) is 2.07. The number of nitrogens with zero attached hydrogens (tertiary/aromatic N) is 2. The van der Waals surface area contributed by atoms with Crippen LogP contribution in [0, 0.1) is 0 Å². The second-order valence-corrected chi connectivity index (χ2v) is 5.55. The Kier molecular flexibility index (Phi) is 5.15. The molecular weight excluding hydrogens is 218 g/mol. The zero-order valence-electron chi connectivity index (χ0n) is 10.8. The molecule has 0 aromatic heterocycles. The van der Waals surface area contributed by atoms with Crippen molar-refractivity contribution in [2.75, 3.05) is 32.7 Å². The number of unbranched alkanes of at least 4 members (excludes halogenated alkanes) is 1. The van der Waals surface area contributed by atoms with Gasteiger partial charge in [0.1, 0.15) is 0 Å². The van der Waals surface area contributed by atoms with Crippen LogP contribution in [-0.2, 0) is 0 Å². The second kappa shape index (κ2) is 5.94. The number of piperazine rings is 1. The SMILES string of the molecule is CCCCN1CCN(C(C)(C)C(N)=S)CC1. The molecule has 16 heavy (non-hydrogen) atoms. The highest BCUT2D eigenvalue weighted by Gasteiger charge is 2.31. The normalized spacial score (nSPS) is 19.9. The average molecular weight is 243 g/mol. The zero-order valence-corrected chi connectivity index (χ0v) is 11.6. The van der Waals surface area contributed by atoms with E-state index in [1.807, 2.05) is 0 Å². The Morgan fingerprint density at radius 3 is 2.25 bits per heavy atom. The summed E-state index contributed by atoms with van der Waals surface area (Å²) in [5, 5.41) is 0. The van der Waals surface area contributed by atoms with Crippen LogP contribution in [-0.4, -0.2) is 53.1 Å². The first-order chi connectivity index (χ1) is 7.48. The molecule has 0 aromatic carbocycles. The summed E-state index contributed by atoms with van der Waals surface area (Å²) in [5.74, 6) is 0. The van der Waals surface area contributed by atoms with Crippen molar-refractivity contribution in [1.29, 1.82) is 0 Å². The van der Waals surface area contributed by atoms with Gasteiger partial charge in [-0.2, -0.15) is 0 Å². The number of thiocarbonyl (C=S) groups is 1. The Morgan fingerprint density at radius 1 is 1.25 bits per heavy atom. The van der Waals surface area contributed by atoms with Crippen LogP contribution in [0.15, 0.2) is 0 Å². The molecule has 0 bridgehead atoms. The molecular formula is C12H25N3S. The van der Waals surface area contributed by atoms with Gasteiger partial charge in [-0.1, -0.05) is 25.6 Å². The van der Waals surface area contributed by atoms with E-state index in [0.717, 1.165) is 26.2 Å². The first-order valence-electron chi connectivity index (χ1n) is 6.25. The first kappa shape index (κ1) is 13.9. The van der Waals surface area contributed by atoms with Crippen LogP contribution in [0.4, 0.5) is 0 Å². The highest BCUT2D eigenvalue weighted by molar-refractivity contribution is 7.80. The number of hydrogen-bond donors (Lipinski definition) is 1. The van der Waals surface area contributed by atoms with E-state index in [1.165, 1.54) is 19.4 Å². The van der Waals surface area contributed by atoms with Gasteiger partial charge in [-0.05, 0) is 26.8 Å². The van der Waals surface area contributed by atoms with E-state index in [9.17, 15) is 0 Å². The van der Waals surface area contributed by atoms with Gasteiger partial charge >= 0.3 is 0 Å². The Hall–Kier alpha value is -0.190. The van der Waals surface area contributed by atoms with Gasteiger partial charge in [0.25, 0.3) is 0 Å². The Morgan fingerprint density at radius 2 is 1.81 bits per heavy atom. The van der Waals surface area contributed by atoms with Gasteiger partial charge in [0, 0.05) is 26.2 Å². The van der Waals surface area contributed by atoms with Crippen molar-refractivity contribution >= 4 is 17.2 Å². The smallest absolute Gasteiger partial charge is 0.0928 e. The van der Waals surface area contributed by atoms with Gasteiger partial charge in [-0.3, -0.25) is 4.90 Å². The molecule has 0 radical (unpaired) electrons. The molecule has 2 N–H and O–H groups in total. The maximum absolute atomic E-state index is 5.79. The lowest BCUT2D eigenvalue weighted by atomic mass is 10.0. The molecule has 3 nitrogen and oxygen atoms in total. The van der Waals surface area contributed by atoms with Crippen molar-refractivity contribution in [3.8, 4) is 0 Å². The lowest BCUT2D eigenvalue weighted by Crippen LogP contribution is -2.59. The topological polar surface area (TPSA) is 32.5 Å². The molecule has 1 saturated heterocycles. The molecule has 1 rings (SSSR count). The van der Waals surface area contributed by atoms with Crippen LogP contribution in [0.3, 0.4) is 0 Å². The van der Waals surface area contributed by atoms with Gasteiger partial charge < -0.3 is 10.6 Å². The monoisotopic (exact) mass is 243 g/mol. The Balaban J connectivity index is 2.40. The highest BCUT2D eigenvalue weighted by atomic mass is 32.1. The third-order valence-corrected chi connectivity index (χ3v) is 4.09. The molecule has 0 aromatic rings. The quantitative estimate of drug-likeness (QED) is 0.741. The van der Waals surface area contributed by atoms with Gasteiger partial charge in [0.05, 0.1) is 10.5 Å². The third kappa shape index (κ3) is 3.40. The maximum atomic E-state index is 5.79.